The Hall–Kier alpha value is -1.56. The van der Waals surface area contributed by atoms with Gasteiger partial charge in [-0.25, -0.2) is 9.59 Å². The quantitative estimate of drug-likeness (QED) is 0.877. The molecule has 1 atom stereocenters. The molecule has 1 aliphatic rings. The van der Waals surface area contributed by atoms with Crippen molar-refractivity contribution in [3.8, 4) is 0 Å². The summed E-state index contributed by atoms with van der Waals surface area (Å²) in [5.74, 6) is -0.946. The first-order valence-corrected chi connectivity index (χ1v) is 6.84. The van der Waals surface area contributed by atoms with Crippen molar-refractivity contribution in [2.45, 2.75) is 25.8 Å². The normalized spacial score (nSPS) is 18.4. The number of carboxylic acid groups (broad SMARTS) is 1. The van der Waals surface area contributed by atoms with Crippen molar-refractivity contribution >= 4 is 33.6 Å². The molecule has 1 aliphatic heterocycles. The molecule has 102 valence electrons. The number of hydrogen-bond acceptors (Lipinski definition) is 2. The molecule has 0 spiro atoms. The minimum atomic E-state index is -0.946. The van der Waals surface area contributed by atoms with Gasteiger partial charge in [0.15, 0.2) is 0 Å². The molecule has 0 bridgehead atoms. The van der Waals surface area contributed by atoms with Crippen LogP contribution in [0.15, 0.2) is 22.7 Å². The summed E-state index contributed by atoms with van der Waals surface area (Å²) in [6, 6.07) is 4.49. The zero-order valence-electron chi connectivity index (χ0n) is 10.5. The van der Waals surface area contributed by atoms with Gasteiger partial charge >= 0.3 is 12.0 Å². The van der Waals surface area contributed by atoms with Gasteiger partial charge in [-0.2, -0.15) is 0 Å². The van der Waals surface area contributed by atoms with E-state index in [0.29, 0.717) is 18.7 Å². The highest BCUT2D eigenvalue weighted by Gasteiger charge is 2.33. The predicted molar refractivity (Wildman–Crippen MR) is 75.3 cm³/mol. The monoisotopic (exact) mass is 326 g/mol. The van der Waals surface area contributed by atoms with Crippen molar-refractivity contribution < 1.29 is 14.7 Å². The zero-order valence-corrected chi connectivity index (χ0v) is 12.1. The predicted octanol–water partition coefficient (Wildman–Crippen LogP) is 2.84. The van der Waals surface area contributed by atoms with Crippen LogP contribution in [0.5, 0.6) is 0 Å². The number of aliphatic carboxylic acids is 1. The zero-order chi connectivity index (χ0) is 14.0. The highest BCUT2D eigenvalue weighted by Crippen LogP contribution is 2.22. The summed E-state index contributed by atoms with van der Waals surface area (Å²) >= 11 is 3.36. The molecule has 2 N–H and O–H groups in total. The number of carbonyl (C=O) groups excluding carboxylic acids is 1. The molecule has 0 saturated carbocycles. The van der Waals surface area contributed by atoms with Gasteiger partial charge in [-0.05, 0) is 43.5 Å². The Morgan fingerprint density at radius 2 is 2.16 bits per heavy atom. The smallest absolute Gasteiger partial charge is 0.326 e. The number of carboxylic acids is 1. The molecule has 1 heterocycles. The van der Waals surface area contributed by atoms with E-state index in [-0.39, 0.29) is 6.03 Å². The summed E-state index contributed by atoms with van der Waals surface area (Å²) in [6.45, 7) is 2.41. The number of hydrogen-bond donors (Lipinski definition) is 2. The fourth-order valence-corrected chi connectivity index (χ4v) is 2.88. The van der Waals surface area contributed by atoms with E-state index in [4.69, 9.17) is 5.11 Å². The Morgan fingerprint density at radius 1 is 1.42 bits per heavy atom. The number of halogens is 1. The molecular weight excluding hydrogens is 312 g/mol. The molecule has 2 amide bonds. The maximum absolute atomic E-state index is 12.1. The lowest BCUT2D eigenvalue weighted by Gasteiger charge is -2.22. The van der Waals surface area contributed by atoms with Crippen molar-refractivity contribution in [1.82, 2.24) is 4.90 Å². The van der Waals surface area contributed by atoms with Crippen molar-refractivity contribution in [2.24, 2.45) is 0 Å². The number of carbonyl (C=O) groups is 2. The Bertz CT molecular complexity index is 498. The second kappa shape index (κ2) is 5.61. The summed E-state index contributed by atoms with van der Waals surface area (Å²) in [7, 11) is 0. The maximum Gasteiger partial charge on any atom is 0.326 e. The Morgan fingerprint density at radius 3 is 2.79 bits per heavy atom. The van der Waals surface area contributed by atoms with E-state index in [9.17, 15) is 9.59 Å². The molecule has 0 aromatic heterocycles. The van der Waals surface area contributed by atoms with Crippen LogP contribution in [-0.2, 0) is 4.79 Å². The number of amides is 2. The SMILES string of the molecule is Cc1cc(Br)cc(NC(=O)N2CCC[C@H]2C(=O)O)c1. The molecule has 1 aromatic carbocycles. The van der Waals surface area contributed by atoms with Crippen LogP contribution in [0.25, 0.3) is 0 Å². The third kappa shape index (κ3) is 3.26. The lowest BCUT2D eigenvalue weighted by atomic mass is 10.2. The van der Waals surface area contributed by atoms with Crippen molar-refractivity contribution in [3.63, 3.8) is 0 Å². The molecule has 5 nitrogen and oxygen atoms in total. The van der Waals surface area contributed by atoms with E-state index < -0.39 is 12.0 Å². The number of benzene rings is 1. The summed E-state index contributed by atoms with van der Waals surface area (Å²) in [5.41, 5.74) is 1.67. The molecular formula is C13H15BrN2O3. The van der Waals surface area contributed by atoms with Gasteiger partial charge in [-0.15, -0.1) is 0 Å². The van der Waals surface area contributed by atoms with E-state index in [2.05, 4.69) is 21.2 Å². The number of urea groups is 1. The van der Waals surface area contributed by atoms with Gasteiger partial charge in [-0.3, -0.25) is 0 Å². The highest BCUT2D eigenvalue weighted by atomic mass is 79.9. The highest BCUT2D eigenvalue weighted by molar-refractivity contribution is 9.10. The molecule has 1 fully saturated rings. The van der Waals surface area contributed by atoms with Crippen LogP contribution in [0.1, 0.15) is 18.4 Å². The van der Waals surface area contributed by atoms with E-state index >= 15 is 0 Å². The van der Waals surface area contributed by atoms with Gasteiger partial charge < -0.3 is 15.3 Å². The first-order valence-electron chi connectivity index (χ1n) is 6.05. The van der Waals surface area contributed by atoms with Gasteiger partial charge in [0, 0.05) is 16.7 Å². The van der Waals surface area contributed by atoms with Crippen LogP contribution in [0.2, 0.25) is 0 Å². The van der Waals surface area contributed by atoms with Crippen molar-refractivity contribution in [3.05, 3.63) is 28.2 Å². The van der Waals surface area contributed by atoms with Gasteiger partial charge in [0.1, 0.15) is 6.04 Å². The summed E-state index contributed by atoms with van der Waals surface area (Å²) in [5, 5.41) is 11.8. The third-order valence-corrected chi connectivity index (χ3v) is 3.55. The second-order valence-corrected chi connectivity index (χ2v) is 5.55. The Balaban J connectivity index is 2.10. The topological polar surface area (TPSA) is 69.6 Å². The first-order chi connectivity index (χ1) is 8.97. The summed E-state index contributed by atoms with van der Waals surface area (Å²) < 4.78 is 0.874. The molecule has 0 radical (unpaired) electrons. The molecule has 6 heteroatoms. The van der Waals surface area contributed by atoms with E-state index in [1.54, 1.807) is 6.07 Å². The third-order valence-electron chi connectivity index (χ3n) is 3.09. The average molecular weight is 327 g/mol. The Labute approximate surface area is 119 Å². The molecule has 0 unspecified atom stereocenters. The van der Waals surface area contributed by atoms with Crippen LogP contribution < -0.4 is 5.32 Å². The maximum atomic E-state index is 12.1. The van der Waals surface area contributed by atoms with Crippen molar-refractivity contribution in [1.29, 1.82) is 0 Å². The Kier molecular flexibility index (Phi) is 4.09. The number of aryl methyl sites for hydroxylation is 1. The lowest BCUT2D eigenvalue weighted by molar-refractivity contribution is -0.141. The molecule has 0 aliphatic carbocycles. The molecule has 1 aromatic rings. The molecule has 1 saturated heterocycles. The van der Waals surface area contributed by atoms with Gasteiger partial charge in [-0.1, -0.05) is 15.9 Å². The van der Waals surface area contributed by atoms with Crippen LogP contribution in [0.4, 0.5) is 10.5 Å². The second-order valence-electron chi connectivity index (χ2n) is 4.64. The van der Waals surface area contributed by atoms with E-state index in [1.807, 2.05) is 19.1 Å². The number of nitrogens with one attached hydrogen (secondary N) is 1. The van der Waals surface area contributed by atoms with Crippen molar-refractivity contribution in [2.75, 3.05) is 11.9 Å². The van der Waals surface area contributed by atoms with E-state index in [0.717, 1.165) is 16.5 Å². The average Bonchev–Trinajstić information content (AvgIpc) is 2.75. The largest absolute Gasteiger partial charge is 0.480 e. The first kappa shape index (κ1) is 13.9. The molecule has 2 rings (SSSR count). The lowest BCUT2D eigenvalue weighted by Crippen LogP contribution is -2.42. The van der Waals surface area contributed by atoms with Gasteiger partial charge in [0.25, 0.3) is 0 Å². The fraction of sp³-hybridized carbons (Fsp3) is 0.385. The summed E-state index contributed by atoms with van der Waals surface area (Å²) in [6.07, 6.45) is 1.24. The number of rotatable bonds is 2. The van der Waals surface area contributed by atoms with Crippen LogP contribution in [0, 0.1) is 6.92 Å². The van der Waals surface area contributed by atoms with Crippen LogP contribution >= 0.6 is 15.9 Å². The minimum Gasteiger partial charge on any atom is -0.480 e. The van der Waals surface area contributed by atoms with Gasteiger partial charge in [0.05, 0.1) is 0 Å². The van der Waals surface area contributed by atoms with E-state index in [1.165, 1.54) is 4.90 Å². The summed E-state index contributed by atoms with van der Waals surface area (Å²) in [4.78, 5) is 24.5. The standard InChI is InChI=1S/C13H15BrN2O3/c1-8-5-9(14)7-10(6-8)15-13(19)16-4-2-3-11(16)12(17)18/h5-7,11H,2-4H2,1H3,(H,15,19)(H,17,18)/t11-/m0/s1. The molecule has 19 heavy (non-hydrogen) atoms. The number of nitrogens with zero attached hydrogens (tertiary/aromatic N) is 1. The number of likely N-dealkylation sites (tertiary alicyclic amines) is 1. The minimum absolute atomic E-state index is 0.359. The van der Waals surface area contributed by atoms with Crippen LogP contribution in [-0.4, -0.2) is 34.6 Å². The van der Waals surface area contributed by atoms with Crippen LogP contribution in [0.3, 0.4) is 0 Å². The fourth-order valence-electron chi connectivity index (χ4n) is 2.27. The van der Waals surface area contributed by atoms with Gasteiger partial charge in [0.2, 0.25) is 0 Å². The number of anilines is 1.